The van der Waals surface area contributed by atoms with Crippen LogP contribution in [0.1, 0.15) is 36.0 Å². The number of fused-ring (bicyclic) bond motifs is 1. The molecule has 9 nitrogen and oxygen atoms in total. The first-order valence-corrected chi connectivity index (χ1v) is 16.2. The molecule has 3 aromatic carbocycles. The van der Waals surface area contributed by atoms with Crippen LogP contribution in [-0.4, -0.2) is 55.3 Å². The Kier molecular flexibility index (Phi) is 12.4. The molecule has 4 rings (SSSR count). The van der Waals surface area contributed by atoms with Gasteiger partial charge in [0.25, 0.3) is 0 Å². The van der Waals surface area contributed by atoms with Gasteiger partial charge in [0.2, 0.25) is 23.6 Å². The molecule has 1 aliphatic heterocycles. The fourth-order valence-corrected chi connectivity index (χ4v) is 5.95. The SMILES string of the molecule is CNC(=O)C[C@@H](Cc1ccc(Cl)c(Cl)c1)NC(=O)CN1C(=O)[C@@H](NC(=O)C[C@@H](N)Cc2ccc(Br)cc2)CCc2ccccc21. The van der Waals surface area contributed by atoms with Gasteiger partial charge < -0.3 is 26.6 Å². The van der Waals surface area contributed by atoms with Crippen LogP contribution in [0.25, 0.3) is 0 Å². The summed E-state index contributed by atoms with van der Waals surface area (Å²) in [4.78, 5) is 54.0. The third kappa shape index (κ3) is 10.0. The number of carbonyl (C=O) groups is 4. The minimum Gasteiger partial charge on any atom is -0.359 e. The molecule has 238 valence electrons. The Morgan fingerprint density at radius 2 is 1.64 bits per heavy atom. The molecule has 5 N–H and O–H groups in total. The van der Waals surface area contributed by atoms with Gasteiger partial charge in [0.05, 0.1) is 10.0 Å². The molecule has 45 heavy (non-hydrogen) atoms. The number of hydrogen-bond donors (Lipinski definition) is 4. The molecule has 0 saturated heterocycles. The molecule has 4 amide bonds. The van der Waals surface area contributed by atoms with E-state index in [9.17, 15) is 19.2 Å². The maximum atomic E-state index is 13.9. The molecule has 12 heteroatoms. The smallest absolute Gasteiger partial charge is 0.250 e. The van der Waals surface area contributed by atoms with Gasteiger partial charge >= 0.3 is 0 Å². The summed E-state index contributed by atoms with van der Waals surface area (Å²) in [7, 11) is 1.52. The molecular weight excluding hydrogens is 681 g/mol. The van der Waals surface area contributed by atoms with E-state index in [4.69, 9.17) is 28.9 Å². The van der Waals surface area contributed by atoms with E-state index in [0.29, 0.717) is 41.4 Å². The van der Waals surface area contributed by atoms with Crippen molar-refractivity contribution in [1.82, 2.24) is 16.0 Å². The molecule has 0 bridgehead atoms. The highest BCUT2D eigenvalue weighted by atomic mass is 79.9. The highest BCUT2D eigenvalue weighted by molar-refractivity contribution is 9.10. The summed E-state index contributed by atoms with van der Waals surface area (Å²) in [6, 6.07) is 18.4. The van der Waals surface area contributed by atoms with Crippen LogP contribution in [-0.2, 0) is 38.4 Å². The van der Waals surface area contributed by atoms with Gasteiger partial charge in [-0.3, -0.25) is 19.2 Å². The van der Waals surface area contributed by atoms with Crippen LogP contribution in [0.5, 0.6) is 0 Å². The van der Waals surface area contributed by atoms with Gasteiger partial charge in [-0.25, -0.2) is 0 Å². The predicted octanol–water partition coefficient (Wildman–Crippen LogP) is 4.34. The van der Waals surface area contributed by atoms with Gasteiger partial charge in [0.1, 0.15) is 12.6 Å². The number of benzene rings is 3. The van der Waals surface area contributed by atoms with E-state index in [2.05, 4.69) is 31.9 Å². The van der Waals surface area contributed by atoms with Crippen molar-refractivity contribution in [3.05, 3.63) is 97.9 Å². The zero-order valence-electron chi connectivity index (χ0n) is 24.8. The Hall–Kier alpha value is -3.44. The van der Waals surface area contributed by atoms with E-state index < -0.39 is 29.9 Å². The summed E-state index contributed by atoms with van der Waals surface area (Å²) in [5, 5.41) is 9.13. The van der Waals surface area contributed by atoms with Gasteiger partial charge in [-0.05, 0) is 72.7 Å². The highest BCUT2D eigenvalue weighted by Crippen LogP contribution is 2.27. The lowest BCUT2D eigenvalue weighted by Crippen LogP contribution is -2.52. The van der Waals surface area contributed by atoms with Crippen molar-refractivity contribution in [2.24, 2.45) is 5.73 Å². The Bertz CT molecular complexity index is 1540. The van der Waals surface area contributed by atoms with E-state index in [1.165, 1.54) is 11.9 Å². The summed E-state index contributed by atoms with van der Waals surface area (Å²) in [5.41, 5.74) is 9.56. The number of aryl methyl sites for hydroxylation is 1. The Balaban J connectivity index is 1.45. The first kappa shape index (κ1) is 34.4. The topological polar surface area (TPSA) is 134 Å². The summed E-state index contributed by atoms with van der Waals surface area (Å²) in [5.74, 6) is -1.42. The lowest BCUT2D eigenvalue weighted by atomic mass is 10.0. The number of nitrogens with two attached hydrogens (primary N) is 1. The van der Waals surface area contributed by atoms with Crippen molar-refractivity contribution in [2.75, 3.05) is 18.5 Å². The summed E-state index contributed by atoms with van der Waals surface area (Å²) < 4.78 is 0.956. The number of amides is 4. The fraction of sp³-hybridized carbons (Fsp3) is 0.333. The number of hydrogen-bond acceptors (Lipinski definition) is 5. The molecule has 3 aromatic rings. The largest absolute Gasteiger partial charge is 0.359 e. The van der Waals surface area contributed by atoms with Crippen molar-refractivity contribution in [3.63, 3.8) is 0 Å². The first-order chi connectivity index (χ1) is 21.5. The molecule has 0 spiro atoms. The molecule has 1 aliphatic rings. The first-order valence-electron chi connectivity index (χ1n) is 14.6. The van der Waals surface area contributed by atoms with Gasteiger partial charge in [0.15, 0.2) is 0 Å². The number of nitrogens with one attached hydrogen (secondary N) is 3. The third-order valence-corrected chi connectivity index (χ3v) is 8.85. The quantitative estimate of drug-likeness (QED) is 0.221. The van der Waals surface area contributed by atoms with Gasteiger partial charge in [-0.1, -0.05) is 75.5 Å². The molecule has 0 radical (unpaired) electrons. The Morgan fingerprint density at radius 1 is 0.933 bits per heavy atom. The van der Waals surface area contributed by atoms with E-state index in [0.717, 1.165) is 21.2 Å². The summed E-state index contributed by atoms with van der Waals surface area (Å²) >= 11 is 15.6. The minimum atomic E-state index is -0.838. The van der Waals surface area contributed by atoms with Crippen LogP contribution < -0.4 is 26.6 Å². The van der Waals surface area contributed by atoms with Crippen molar-refractivity contribution in [1.29, 1.82) is 0 Å². The monoisotopic (exact) mass is 715 g/mol. The second kappa shape index (κ2) is 16.2. The minimum absolute atomic E-state index is 0.0201. The number of rotatable bonds is 12. The maximum absolute atomic E-state index is 13.9. The Morgan fingerprint density at radius 3 is 2.36 bits per heavy atom. The van der Waals surface area contributed by atoms with Crippen LogP contribution >= 0.6 is 39.1 Å². The molecule has 0 aliphatic carbocycles. The van der Waals surface area contributed by atoms with Crippen molar-refractivity contribution < 1.29 is 19.2 Å². The molecule has 0 saturated carbocycles. The van der Waals surface area contributed by atoms with Crippen LogP contribution in [0.2, 0.25) is 10.0 Å². The zero-order chi connectivity index (χ0) is 32.5. The van der Waals surface area contributed by atoms with E-state index in [1.807, 2.05) is 36.4 Å². The number of anilines is 1. The number of halogens is 3. The average molecular weight is 717 g/mol. The van der Waals surface area contributed by atoms with Crippen molar-refractivity contribution >= 4 is 68.4 Å². The van der Waals surface area contributed by atoms with Crippen molar-refractivity contribution in [2.45, 2.75) is 56.7 Å². The average Bonchev–Trinajstić information content (AvgIpc) is 3.12. The standard InChI is InChI=1S/C33H36BrCl2N5O4/c1-38-30(42)18-25(15-21-8-12-26(35)27(36)16-21)39-32(44)19-41-29-5-3-2-4-22(29)9-13-28(33(41)45)40-31(43)17-24(37)14-20-6-10-23(34)11-7-20/h2-8,10-12,16,24-25,28H,9,13-15,17-19,37H2,1H3,(H,38,42)(H,39,44)(H,40,43)/t24-,25+,28-/m0/s1. The number of carbonyl (C=O) groups excluding carboxylic acids is 4. The van der Waals surface area contributed by atoms with Crippen LogP contribution in [0, 0.1) is 0 Å². The molecule has 0 unspecified atom stereocenters. The Labute approximate surface area is 281 Å². The summed E-state index contributed by atoms with van der Waals surface area (Å²) in [6.45, 7) is -0.295. The second-order valence-electron chi connectivity index (χ2n) is 11.1. The predicted molar refractivity (Wildman–Crippen MR) is 180 cm³/mol. The lowest BCUT2D eigenvalue weighted by molar-refractivity contribution is -0.128. The third-order valence-electron chi connectivity index (χ3n) is 7.59. The van der Waals surface area contributed by atoms with Gasteiger partial charge in [-0.2, -0.15) is 0 Å². The molecular formula is C33H36BrCl2N5O4. The maximum Gasteiger partial charge on any atom is 0.250 e. The number of nitrogens with zero attached hydrogens (tertiary/aromatic N) is 1. The normalized spacial score (nSPS) is 15.8. The van der Waals surface area contributed by atoms with E-state index in [1.54, 1.807) is 30.3 Å². The zero-order valence-corrected chi connectivity index (χ0v) is 27.9. The van der Waals surface area contributed by atoms with E-state index >= 15 is 0 Å². The molecule has 3 atom stereocenters. The molecule has 0 aromatic heterocycles. The van der Waals surface area contributed by atoms with Gasteiger partial charge in [0, 0.05) is 42.1 Å². The van der Waals surface area contributed by atoms with Gasteiger partial charge in [-0.15, -0.1) is 0 Å². The fourth-order valence-electron chi connectivity index (χ4n) is 5.37. The van der Waals surface area contributed by atoms with Crippen LogP contribution in [0.4, 0.5) is 5.69 Å². The van der Waals surface area contributed by atoms with E-state index in [-0.39, 0.29) is 31.2 Å². The number of para-hydroxylation sites is 1. The lowest BCUT2D eigenvalue weighted by Gasteiger charge is -2.27. The highest BCUT2D eigenvalue weighted by Gasteiger charge is 2.33. The van der Waals surface area contributed by atoms with Crippen LogP contribution in [0.15, 0.2) is 71.2 Å². The van der Waals surface area contributed by atoms with Crippen molar-refractivity contribution in [3.8, 4) is 0 Å². The molecule has 0 fully saturated rings. The summed E-state index contributed by atoms with van der Waals surface area (Å²) in [6.07, 6.45) is 1.80. The molecule has 1 heterocycles. The second-order valence-corrected chi connectivity index (χ2v) is 12.8. The van der Waals surface area contributed by atoms with Crippen LogP contribution in [0.3, 0.4) is 0 Å².